The first-order chi connectivity index (χ1) is 15.0. The Hall–Kier alpha value is -2.07. The Morgan fingerprint density at radius 1 is 1.09 bits per heavy atom. The number of aliphatic hydroxyl groups is 2. The predicted molar refractivity (Wildman–Crippen MR) is 114 cm³/mol. The first-order valence-electron chi connectivity index (χ1n) is 10.2. The minimum Gasteiger partial charge on any atom is -0.393 e. The minimum atomic E-state index is -3.94. The van der Waals surface area contributed by atoms with Crippen LogP contribution >= 0.6 is 11.6 Å². The van der Waals surface area contributed by atoms with E-state index in [4.69, 9.17) is 11.6 Å². The van der Waals surface area contributed by atoms with Gasteiger partial charge in [0.15, 0.2) is 21.5 Å². The zero-order chi connectivity index (χ0) is 23.3. The molecule has 2 saturated carbocycles. The van der Waals surface area contributed by atoms with E-state index in [0.29, 0.717) is 12.8 Å². The van der Waals surface area contributed by atoms with Gasteiger partial charge in [0, 0.05) is 17.3 Å². The highest BCUT2D eigenvalue weighted by Crippen LogP contribution is 2.51. The number of amides is 1. The van der Waals surface area contributed by atoms with Crippen molar-refractivity contribution in [2.45, 2.75) is 41.4 Å². The molecule has 1 unspecified atom stereocenters. The minimum absolute atomic E-state index is 0.00673. The molecule has 4 rings (SSSR count). The SMILES string of the molecule is O=C(Nc1ccc(F)c(F)c1)c1ccc(Cl)c(S(=O)(=O)[C@H]2C3CC[C@H]2C[C@](O)(CO)C3)c1. The lowest BCUT2D eigenvalue weighted by Crippen LogP contribution is -2.48. The Bertz CT molecular complexity index is 1160. The number of benzene rings is 2. The number of carbonyl (C=O) groups is 1. The van der Waals surface area contributed by atoms with Crippen molar-refractivity contribution in [3.63, 3.8) is 0 Å². The maximum absolute atomic E-state index is 13.5. The molecular weight excluding hydrogens is 464 g/mol. The molecule has 4 atom stereocenters. The van der Waals surface area contributed by atoms with Crippen LogP contribution < -0.4 is 5.32 Å². The summed E-state index contributed by atoms with van der Waals surface area (Å²) in [5, 5.41) is 21.6. The molecule has 2 aliphatic carbocycles. The first-order valence-corrected chi connectivity index (χ1v) is 12.1. The molecule has 0 spiro atoms. The Kier molecular flexibility index (Phi) is 6.04. The van der Waals surface area contributed by atoms with Crippen molar-refractivity contribution in [3.05, 3.63) is 58.6 Å². The molecule has 2 aliphatic rings. The third kappa shape index (κ3) is 4.14. The van der Waals surface area contributed by atoms with Gasteiger partial charge in [0.25, 0.3) is 5.91 Å². The van der Waals surface area contributed by atoms with Gasteiger partial charge in [0.05, 0.1) is 27.4 Å². The molecule has 2 fully saturated rings. The predicted octanol–water partition coefficient (Wildman–Crippen LogP) is 3.56. The smallest absolute Gasteiger partial charge is 0.255 e. The van der Waals surface area contributed by atoms with Crippen molar-refractivity contribution in [1.82, 2.24) is 0 Å². The molecule has 172 valence electrons. The molecule has 0 aliphatic heterocycles. The third-order valence-electron chi connectivity index (χ3n) is 6.45. The van der Waals surface area contributed by atoms with Crippen LogP contribution in [0.5, 0.6) is 0 Å². The van der Waals surface area contributed by atoms with Gasteiger partial charge >= 0.3 is 0 Å². The van der Waals surface area contributed by atoms with Gasteiger partial charge in [-0.05, 0) is 67.9 Å². The van der Waals surface area contributed by atoms with Gasteiger partial charge in [0.1, 0.15) is 0 Å². The van der Waals surface area contributed by atoms with Gasteiger partial charge in [-0.1, -0.05) is 11.6 Å². The third-order valence-corrected chi connectivity index (χ3v) is 9.33. The zero-order valence-corrected chi connectivity index (χ0v) is 18.5. The second-order valence-corrected chi connectivity index (χ2v) is 11.1. The first kappa shape index (κ1) is 23.1. The van der Waals surface area contributed by atoms with E-state index in [2.05, 4.69) is 5.32 Å². The molecular formula is C22H22ClF2NO5S. The van der Waals surface area contributed by atoms with Crippen molar-refractivity contribution in [3.8, 4) is 0 Å². The van der Waals surface area contributed by atoms with Crippen LogP contribution in [-0.4, -0.2) is 42.0 Å². The van der Waals surface area contributed by atoms with Crippen molar-refractivity contribution in [1.29, 1.82) is 0 Å². The van der Waals surface area contributed by atoms with Crippen LogP contribution in [0.2, 0.25) is 5.02 Å². The summed E-state index contributed by atoms with van der Waals surface area (Å²) in [6, 6.07) is 6.71. The molecule has 2 aromatic carbocycles. The fourth-order valence-electron chi connectivity index (χ4n) is 5.06. The number of sulfone groups is 1. The second-order valence-electron chi connectivity index (χ2n) is 8.63. The number of carbonyl (C=O) groups excluding carboxylic acids is 1. The lowest BCUT2D eigenvalue weighted by atomic mass is 9.77. The fourth-order valence-corrected chi connectivity index (χ4v) is 7.90. The second kappa shape index (κ2) is 8.37. The molecule has 0 radical (unpaired) electrons. The standard InChI is InChI=1S/C22H22ClF2NO5S/c23-16-5-3-12(21(28)26-15-4-6-17(24)18(25)8-15)7-19(16)32(30,31)20-13-1-2-14(20)10-22(29,9-13)11-27/h3-8,13-14,20,27,29H,1-2,9-11H2,(H,26,28)/t13-,14?,20+,22+/m0/s1. The van der Waals surface area contributed by atoms with Crippen LogP contribution in [0.1, 0.15) is 36.0 Å². The van der Waals surface area contributed by atoms with Gasteiger partial charge in [-0.3, -0.25) is 4.79 Å². The molecule has 2 aromatic rings. The zero-order valence-electron chi connectivity index (χ0n) is 16.9. The number of hydrogen-bond acceptors (Lipinski definition) is 5. The van der Waals surface area contributed by atoms with E-state index in [1.165, 1.54) is 24.3 Å². The average molecular weight is 486 g/mol. The summed E-state index contributed by atoms with van der Waals surface area (Å²) in [6.07, 6.45) is 1.59. The highest BCUT2D eigenvalue weighted by molar-refractivity contribution is 7.92. The summed E-state index contributed by atoms with van der Waals surface area (Å²) in [7, 11) is -3.94. The summed E-state index contributed by atoms with van der Waals surface area (Å²) >= 11 is 6.21. The van der Waals surface area contributed by atoms with E-state index in [0.717, 1.165) is 12.1 Å². The topological polar surface area (TPSA) is 104 Å². The van der Waals surface area contributed by atoms with Gasteiger partial charge in [-0.15, -0.1) is 0 Å². The molecule has 3 N–H and O–H groups in total. The lowest BCUT2D eigenvalue weighted by molar-refractivity contribution is -0.0597. The Morgan fingerprint density at radius 2 is 1.75 bits per heavy atom. The normalized spacial score (nSPS) is 27.3. The number of hydrogen-bond donors (Lipinski definition) is 3. The molecule has 0 aromatic heterocycles. The Morgan fingerprint density at radius 3 is 2.34 bits per heavy atom. The van der Waals surface area contributed by atoms with Crippen LogP contribution in [0, 0.1) is 23.5 Å². The van der Waals surface area contributed by atoms with Crippen molar-refractivity contribution < 1.29 is 32.2 Å². The number of fused-ring (bicyclic) bond motifs is 2. The monoisotopic (exact) mass is 485 g/mol. The van der Waals surface area contributed by atoms with Gasteiger partial charge in [0.2, 0.25) is 0 Å². The van der Waals surface area contributed by atoms with Crippen molar-refractivity contribution in [2.24, 2.45) is 11.8 Å². The van der Waals surface area contributed by atoms with Crippen LogP contribution in [0.15, 0.2) is 41.3 Å². The summed E-state index contributed by atoms with van der Waals surface area (Å²) in [5.41, 5.74) is -1.28. The summed E-state index contributed by atoms with van der Waals surface area (Å²) < 4.78 is 53.6. The van der Waals surface area contributed by atoms with Gasteiger partial charge in [-0.2, -0.15) is 0 Å². The lowest BCUT2D eigenvalue weighted by Gasteiger charge is -2.39. The number of halogens is 3. The van der Waals surface area contributed by atoms with E-state index in [1.54, 1.807) is 0 Å². The fraction of sp³-hybridized carbons (Fsp3) is 0.409. The average Bonchev–Trinajstić information content (AvgIpc) is 3.04. The maximum atomic E-state index is 13.5. The molecule has 0 heterocycles. The summed E-state index contributed by atoms with van der Waals surface area (Å²) in [6.45, 7) is -0.423. The van der Waals surface area contributed by atoms with Gasteiger partial charge < -0.3 is 15.5 Å². The molecule has 32 heavy (non-hydrogen) atoms. The number of nitrogens with one attached hydrogen (secondary N) is 1. The Labute approximate surface area is 189 Å². The molecule has 6 nitrogen and oxygen atoms in total. The highest BCUT2D eigenvalue weighted by atomic mass is 35.5. The molecule has 10 heteroatoms. The van der Waals surface area contributed by atoms with Crippen LogP contribution in [0.4, 0.5) is 14.5 Å². The van der Waals surface area contributed by atoms with E-state index in [1.807, 2.05) is 0 Å². The largest absolute Gasteiger partial charge is 0.393 e. The maximum Gasteiger partial charge on any atom is 0.255 e. The van der Waals surface area contributed by atoms with E-state index in [9.17, 15) is 32.2 Å². The number of aliphatic hydroxyl groups excluding tert-OH is 1. The Balaban J connectivity index is 1.62. The van der Waals surface area contributed by atoms with Crippen LogP contribution in [0.25, 0.3) is 0 Å². The van der Waals surface area contributed by atoms with E-state index in [-0.39, 0.29) is 45.8 Å². The highest BCUT2D eigenvalue weighted by Gasteiger charge is 2.54. The van der Waals surface area contributed by atoms with Crippen molar-refractivity contribution >= 4 is 33.0 Å². The van der Waals surface area contributed by atoms with E-state index < -0.39 is 44.8 Å². The molecule has 0 saturated heterocycles. The van der Waals surface area contributed by atoms with Gasteiger partial charge in [-0.25, -0.2) is 17.2 Å². The quantitative estimate of drug-likeness (QED) is 0.601. The van der Waals surface area contributed by atoms with Crippen LogP contribution in [-0.2, 0) is 9.84 Å². The molecule has 1 amide bonds. The number of anilines is 1. The summed E-state index contributed by atoms with van der Waals surface area (Å²) in [4.78, 5) is 12.4. The summed E-state index contributed by atoms with van der Waals surface area (Å²) in [5.74, 6) is -3.54. The molecule has 2 bridgehead atoms. The van der Waals surface area contributed by atoms with E-state index >= 15 is 0 Å². The van der Waals surface area contributed by atoms with Crippen LogP contribution in [0.3, 0.4) is 0 Å². The van der Waals surface area contributed by atoms with Crippen molar-refractivity contribution in [2.75, 3.05) is 11.9 Å². The number of rotatable bonds is 5.